The number of hydrogen-bond acceptors (Lipinski definition) is 4. The van der Waals surface area contributed by atoms with Crippen molar-refractivity contribution >= 4 is 11.9 Å². The second-order valence-electron chi connectivity index (χ2n) is 3.08. The lowest BCUT2D eigenvalue weighted by Gasteiger charge is -2.11. The van der Waals surface area contributed by atoms with Gasteiger partial charge in [0, 0.05) is 0 Å². The molecule has 0 fully saturated rings. The maximum absolute atomic E-state index is 12.4. The third kappa shape index (κ3) is 2.96. The minimum Gasteiger partial charge on any atom is -0.545 e. The van der Waals surface area contributed by atoms with Gasteiger partial charge in [0.05, 0.1) is 24.2 Å². The van der Waals surface area contributed by atoms with E-state index >= 15 is 0 Å². The van der Waals surface area contributed by atoms with E-state index < -0.39 is 34.8 Å². The van der Waals surface area contributed by atoms with Gasteiger partial charge >= 0.3 is 12.1 Å². The van der Waals surface area contributed by atoms with Crippen LogP contribution in [0.1, 0.15) is 26.3 Å². The van der Waals surface area contributed by atoms with Crippen LogP contribution in [0.15, 0.2) is 18.2 Å². The topological polar surface area (TPSA) is 66.4 Å². The van der Waals surface area contributed by atoms with E-state index in [2.05, 4.69) is 4.74 Å². The molecule has 0 aliphatic carbocycles. The standard InChI is InChI=1S/C10H7F3O4/c1-17-9(16)6-2-5(8(14)15)3-7(4-6)10(11,12)13/h2-4H,1H3,(H,14,15)/p-1. The number of ether oxygens (including phenoxy) is 1. The predicted octanol–water partition coefficient (Wildman–Crippen LogP) is 0.855. The van der Waals surface area contributed by atoms with Gasteiger partial charge in [0.1, 0.15) is 0 Å². The summed E-state index contributed by atoms with van der Waals surface area (Å²) in [6.07, 6.45) is -4.76. The Bertz CT molecular complexity index is 465. The molecular weight excluding hydrogens is 241 g/mol. The number of rotatable bonds is 2. The lowest BCUT2D eigenvalue weighted by Crippen LogP contribution is -2.23. The van der Waals surface area contributed by atoms with Gasteiger partial charge in [-0.15, -0.1) is 0 Å². The SMILES string of the molecule is COC(=O)c1cc(C(=O)[O-])cc(C(F)(F)F)c1. The van der Waals surface area contributed by atoms with E-state index in [1.165, 1.54) is 0 Å². The monoisotopic (exact) mass is 247 g/mol. The predicted molar refractivity (Wildman–Crippen MR) is 47.1 cm³/mol. The smallest absolute Gasteiger partial charge is 0.416 e. The van der Waals surface area contributed by atoms with Gasteiger partial charge in [-0.25, -0.2) is 4.79 Å². The first-order chi connectivity index (χ1) is 7.75. The van der Waals surface area contributed by atoms with Crippen LogP contribution in [-0.4, -0.2) is 19.0 Å². The molecule has 1 aromatic rings. The fraction of sp³-hybridized carbons (Fsp3) is 0.200. The molecule has 0 aromatic heterocycles. The molecule has 17 heavy (non-hydrogen) atoms. The highest BCUT2D eigenvalue weighted by molar-refractivity contribution is 5.94. The molecule has 0 radical (unpaired) electrons. The molecule has 0 spiro atoms. The first-order valence-electron chi connectivity index (χ1n) is 4.27. The number of carbonyl (C=O) groups excluding carboxylic acids is 2. The average Bonchev–Trinajstić information content (AvgIpc) is 2.26. The largest absolute Gasteiger partial charge is 0.545 e. The van der Waals surface area contributed by atoms with Gasteiger partial charge in [-0.05, 0) is 23.8 Å². The van der Waals surface area contributed by atoms with Gasteiger partial charge in [-0.3, -0.25) is 0 Å². The molecule has 0 heterocycles. The summed E-state index contributed by atoms with van der Waals surface area (Å²) in [6, 6.07) is 1.66. The number of benzene rings is 1. The molecule has 7 heteroatoms. The molecule has 0 saturated heterocycles. The molecule has 0 unspecified atom stereocenters. The van der Waals surface area contributed by atoms with Crippen LogP contribution in [0.4, 0.5) is 13.2 Å². The van der Waals surface area contributed by atoms with E-state index in [-0.39, 0.29) is 0 Å². The van der Waals surface area contributed by atoms with E-state index in [1.807, 2.05) is 0 Å². The van der Waals surface area contributed by atoms with E-state index in [1.54, 1.807) is 0 Å². The minimum absolute atomic E-state index is 0.391. The first-order valence-corrected chi connectivity index (χ1v) is 4.27. The Morgan fingerprint density at radius 2 is 1.71 bits per heavy atom. The summed E-state index contributed by atoms with van der Waals surface area (Å²) < 4.78 is 41.5. The Balaban J connectivity index is 3.39. The number of halogens is 3. The molecule has 0 amide bonds. The van der Waals surface area contributed by atoms with E-state index in [0.29, 0.717) is 12.1 Å². The molecule has 92 valence electrons. The second-order valence-corrected chi connectivity index (χ2v) is 3.08. The van der Waals surface area contributed by atoms with Gasteiger partial charge in [0.2, 0.25) is 0 Å². The molecule has 0 atom stereocenters. The van der Waals surface area contributed by atoms with Crippen LogP contribution < -0.4 is 5.11 Å². The van der Waals surface area contributed by atoms with Crippen LogP contribution in [0.25, 0.3) is 0 Å². The third-order valence-corrected chi connectivity index (χ3v) is 1.92. The molecule has 1 rings (SSSR count). The molecule has 0 aliphatic heterocycles. The third-order valence-electron chi connectivity index (χ3n) is 1.92. The van der Waals surface area contributed by atoms with Crippen LogP contribution in [-0.2, 0) is 10.9 Å². The minimum atomic E-state index is -4.76. The lowest BCUT2D eigenvalue weighted by molar-refractivity contribution is -0.255. The van der Waals surface area contributed by atoms with Crippen molar-refractivity contribution in [1.82, 2.24) is 0 Å². The number of esters is 1. The zero-order valence-corrected chi connectivity index (χ0v) is 8.50. The summed E-state index contributed by atoms with van der Waals surface area (Å²) in [5.41, 5.74) is -2.48. The highest BCUT2D eigenvalue weighted by Gasteiger charge is 2.32. The summed E-state index contributed by atoms with van der Waals surface area (Å²) >= 11 is 0. The maximum Gasteiger partial charge on any atom is 0.416 e. The van der Waals surface area contributed by atoms with E-state index in [0.717, 1.165) is 13.2 Å². The Labute approximate surface area is 93.6 Å². The number of aromatic carboxylic acids is 1. The molecular formula is C10H6F3O4-. The van der Waals surface area contributed by atoms with Crippen molar-refractivity contribution in [2.45, 2.75) is 6.18 Å². The van der Waals surface area contributed by atoms with Crippen LogP contribution in [0.2, 0.25) is 0 Å². The van der Waals surface area contributed by atoms with Gasteiger partial charge in [-0.2, -0.15) is 13.2 Å². The Morgan fingerprint density at radius 3 is 2.12 bits per heavy atom. The van der Waals surface area contributed by atoms with Gasteiger partial charge in [-0.1, -0.05) is 0 Å². The summed E-state index contributed by atoms with van der Waals surface area (Å²) in [4.78, 5) is 21.6. The van der Waals surface area contributed by atoms with Gasteiger partial charge in [0.25, 0.3) is 0 Å². The van der Waals surface area contributed by atoms with Gasteiger partial charge < -0.3 is 14.6 Å². The zero-order valence-electron chi connectivity index (χ0n) is 8.50. The molecule has 0 aliphatic rings. The first kappa shape index (κ1) is 13.0. The molecule has 0 saturated carbocycles. The lowest BCUT2D eigenvalue weighted by atomic mass is 10.1. The van der Waals surface area contributed by atoms with Crippen LogP contribution >= 0.6 is 0 Å². The van der Waals surface area contributed by atoms with Crippen LogP contribution in [0, 0.1) is 0 Å². The number of hydrogen-bond donors (Lipinski definition) is 0. The molecule has 0 N–H and O–H groups in total. The fourth-order valence-corrected chi connectivity index (χ4v) is 1.14. The highest BCUT2D eigenvalue weighted by atomic mass is 19.4. The Kier molecular flexibility index (Phi) is 3.40. The van der Waals surface area contributed by atoms with Crippen molar-refractivity contribution in [2.75, 3.05) is 7.11 Å². The average molecular weight is 247 g/mol. The molecule has 1 aromatic carbocycles. The maximum atomic E-state index is 12.4. The number of carbonyl (C=O) groups is 2. The van der Waals surface area contributed by atoms with Crippen molar-refractivity contribution in [2.24, 2.45) is 0 Å². The number of carboxylic acids is 1. The second kappa shape index (κ2) is 4.44. The number of alkyl halides is 3. The van der Waals surface area contributed by atoms with E-state index in [9.17, 15) is 27.9 Å². The van der Waals surface area contributed by atoms with Crippen LogP contribution in [0.5, 0.6) is 0 Å². The van der Waals surface area contributed by atoms with Crippen molar-refractivity contribution < 1.29 is 32.6 Å². The zero-order chi connectivity index (χ0) is 13.2. The highest BCUT2D eigenvalue weighted by Crippen LogP contribution is 2.30. The summed E-state index contributed by atoms with van der Waals surface area (Å²) in [6.45, 7) is 0. The Morgan fingerprint density at radius 1 is 1.18 bits per heavy atom. The molecule has 0 bridgehead atoms. The number of carboxylic acid groups (broad SMARTS) is 1. The van der Waals surface area contributed by atoms with Crippen molar-refractivity contribution in [3.63, 3.8) is 0 Å². The normalized spacial score (nSPS) is 11.1. The van der Waals surface area contributed by atoms with Gasteiger partial charge in [0.15, 0.2) is 0 Å². The van der Waals surface area contributed by atoms with Crippen molar-refractivity contribution in [1.29, 1.82) is 0 Å². The number of methoxy groups -OCH3 is 1. The summed E-state index contributed by atoms with van der Waals surface area (Å²) in [7, 11) is 0.973. The Hall–Kier alpha value is -2.05. The van der Waals surface area contributed by atoms with Crippen molar-refractivity contribution in [3.8, 4) is 0 Å². The quantitative estimate of drug-likeness (QED) is 0.727. The summed E-state index contributed by atoms with van der Waals surface area (Å²) in [5, 5.41) is 10.5. The summed E-state index contributed by atoms with van der Waals surface area (Å²) in [5.74, 6) is -2.86. The van der Waals surface area contributed by atoms with Crippen molar-refractivity contribution in [3.05, 3.63) is 34.9 Å². The van der Waals surface area contributed by atoms with E-state index in [4.69, 9.17) is 0 Å². The fourth-order valence-electron chi connectivity index (χ4n) is 1.14. The van der Waals surface area contributed by atoms with Crippen LogP contribution in [0.3, 0.4) is 0 Å². The molecule has 4 nitrogen and oxygen atoms in total.